The molecule has 2 rings (SSSR count). The Hall–Kier alpha value is -0.660. The minimum absolute atomic E-state index is 0.0717. The lowest BCUT2D eigenvalue weighted by molar-refractivity contribution is -0.132. The molecule has 0 spiro atoms. The Morgan fingerprint density at radius 3 is 2.26 bits per heavy atom. The maximum Gasteiger partial charge on any atom is 0.223 e. The zero-order valence-electron chi connectivity index (χ0n) is 11.7. The van der Waals surface area contributed by atoms with E-state index >= 15 is 0 Å². The average molecular weight is 289 g/mol. The van der Waals surface area contributed by atoms with Crippen LogP contribution in [-0.4, -0.2) is 80.5 Å². The number of likely N-dealkylation sites (N-methyl/N-ethyl adjacent to an activating group) is 1. The molecule has 1 aliphatic carbocycles. The number of sulfonamides is 1. The van der Waals surface area contributed by atoms with Crippen molar-refractivity contribution in [2.75, 3.05) is 46.0 Å². The molecular weight excluding hydrogens is 266 g/mol. The molecule has 1 aliphatic heterocycles. The van der Waals surface area contributed by atoms with E-state index in [0.29, 0.717) is 13.0 Å². The van der Waals surface area contributed by atoms with Crippen molar-refractivity contribution in [1.82, 2.24) is 14.1 Å². The van der Waals surface area contributed by atoms with E-state index in [9.17, 15) is 13.2 Å². The van der Waals surface area contributed by atoms with Gasteiger partial charge in [0.1, 0.15) is 0 Å². The zero-order chi connectivity index (χ0) is 14.0. The van der Waals surface area contributed by atoms with Gasteiger partial charge in [0.15, 0.2) is 0 Å². The third kappa shape index (κ3) is 4.15. The summed E-state index contributed by atoms with van der Waals surface area (Å²) in [7, 11) is -1.14. The van der Waals surface area contributed by atoms with Crippen LogP contribution in [0.1, 0.15) is 19.3 Å². The van der Waals surface area contributed by atoms with E-state index < -0.39 is 10.0 Å². The summed E-state index contributed by atoms with van der Waals surface area (Å²) in [5.74, 6) is 0.0717. The molecule has 0 radical (unpaired) electrons. The molecule has 7 heteroatoms. The Kier molecular flexibility index (Phi) is 4.47. The van der Waals surface area contributed by atoms with E-state index in [4.69, 9.17) is 0 Å². The van der Waals surface area contributed by atoms with Crippen LogP contribution >= 0.6 is 0 Å². The van der Waals surface area contributed by atoms with Crippen LogP contribution in [0.5, 0.6) is 0 Å². The molecule has 0 bridgehead atoms. The van der Waals surface area contributed by atoms with Crippen LogP contribution in [0.25, 0.3) is 0 Å². The van der Waals surface area contributed by atoms with E-state index in [1.807, 2.05) is 11.9 Å². The van der Waals surface area contributed by atoms with Crippen molar-refractivity contribution in [3.63, 3.8) is 0 Å². The van der Waals surface area contributed by atoms with Gasteiger partial charge in [-0.25, -0.2) is 8.42 Å². The lowest BCUT2D eigenvalue weighted by atomic mass is 10.3. The molecule has 2 aliphatic rings. The van der Waals surface area contributed by atoms with Gasteiger partial charge in [0.25, 0.3) is 0 Å². The number of carbonyl (C=O) groups excluding carboxylic acids is 1. The summed E-state index contributed by atoms with van der Waals surface area (Å²) in [4.78, 5) is 16.1. The first-order valence-electron chi connectivity index (χ1n) is 6.81. The number of piperazine rings is 1. The number of hydrogen-bond donors (Lipinski definition) is 0. The fourth-order valence-corrected chi connectivity index (χ4v) is 3.58. The van der Waals surface area contributed by atoms with Gasteiger partial charge in [0.2, 0.25) is 15.9 Å². The van der Waals surface area contributed by atoms with E-state index in [0.717, 1.165) is 39.0 Å². The minimum Gasteiger partial charge on any atom is -0.340 e. The number of rotatable bonds is 5. The van der Waals surface area contributed by atoms with Gasteiger partial charge >= 0.3 is 0 Å². The van der Waals surface area contributed by atoms with Crippen LogP contribution in [0.2, 0.25) is 0 Å². The molecule has 0 aromatic carbocycles. The van der Waals surface area contributed by atoms with E-state index in [1.165, 1.54) is 10.6 Å². The Labute approximate surface area is 115 Å². The average Bonchev–Trinajstić information content (AvgIpc) is 3.12. The first-order chi connectivity index (χ1) is 8.88. The first kappa shape index (κ1) is 14.7. The molecule has 2 fully saturated rings. The second-order valence-electron chi connectivity index (χ2n) is 5.54. The van der Waals surface area contributed by atoms with Crippen molar-refractivity contribution in [3.05, 3.63) is 0 Å². The Morgan fingerprint density at radius 2 is 1.79 bits per heavy atom. The first-order valence-corrected chi connectivity index (χ1v) is 8.66. The van der Waals surface area contributed by atoms with Crippen LogP contribution in [0.4, 0.5) is 0 Å². The van der Waals surface area contributed by atoms with Crippen molar-refractivity contribution in [2.24, 2.45) is 0 Å². The largest absolute Gasteiger partial charge is 0.340 e. The molecule has 0 unspecified atom stereocenters. The Morgan fingerprint density at radius 1 is 1.21 bits per heavy atom. The third-order valence-corrected chi connectivity index (χ3v) is 5.11. The van der Waals surface area contributed by atoms with Crippen molar-refractivity contribution >= 4 is 15.9 Å². The van der Waals surface area contributed by atoms with E-state index in [-0.39, 0.29) is 11.9 Å². The maximum absolute atomic E-state index is 12.1. The van der Waals surface area contributed by atoms with Crippen LogP contribution in [0.3, 0.4) is 0 Å². The summed E-state index contributed by atoms with van der Waals surface area (Å²) >= 11 is 0. The molecule has 19 heavy (non-hydrogen) atoms. The second kappa shape index (κ2) is 5.76. The Balaban J connectivity index is 1.82. The van der Waals surface area contributed by atoms with Crippen molar-refractivity contribution in [3.8, 4) is 0 Å². The highest BCUT2D eigenvalue weighted by molar-refractivity contribution is 7.88. The molecule has 0 atom stereocenters. The number of nitrogens with zero attached hydrogens (tertiary/aromatic N) is 3. The molecule has 1 amide bonds. The molecular formula is C12H23N3O3S. The molecule has 1 saturated heterocycles. The highest BCUT2D eigenvalue weighted by atomic mass is 32.2. The topological polar surface area (TPSA) is 60.9 Å². The van der Waals surface area contributed by atoms with Gasteiger partial charge in [-0.15, -0.1) is 0 Å². The fraction of sp³-hybridized carbons (Fsp3) is 0.917. The van der Waals surface area contributed by atoms with Crippen LogP contribution in [0, 0.1) is 0 Å². The molecule has 110 valence electrons. The summed E-state index contributed by atoms with van der Waals surface area (Å²) in [5.41, 5.74) is 0. The minimum atomic E-state index is -3.18. The van der Waals surface area contributed by atoms with Gasteiger partial charge in [-0.3, -0.25) is 4.79 Å². The predicted octanol–water partition coefficient (Wildman–Crippen LogP) is -0.425. The molecule has 1 heterocycles. The Bertz CT molecular complexity index is 426. The number of carbonyl (C=O) groups is 1. The predicted molar refractivity (Wildman–Crippen MR) is 73.3 cm³/mol. The highest BCUT2D eigenvalue weighted by Crippen LogP contribution is 2.28. The van der Waals surface area contributed by atoms with E-state index in [2.05, 4.69) is 4.90 Å². The molecule has 0 aromatic heterocycles. The van der Waals surface area contributed by atoms with Gasteiger partial charge in [-0.05, 0) is 19.9 Å². The lowest BCUT2D eigenvalue weighted by Gasteiger charge is -2.33. The maximum atomic E-state index is 12.1. The SMILES string of the molecule is CN1CCN(C(=O)CCN(C2CC2)S(C)(=O)=O)CC1. The quantitative estimate of drug-likeness (QED) is 0.689. The summed E-state index contributed by atoms with van der Waals surface area (Å²) in [6.07, 6.45) is 3.38. The van der Waals surface area contributed by atoms with Gasteiger partial charge < -0.3 is 9.80 Å². The molecule has 6 nitrogen and oxygen atoms in total. The van der Waals surface area contributed by atoms with Gasteiger partial charge in [0, 0.05) is 45.2 Å². The summed E-state index contributed by atoms with van der Waals surface area (Å²) in [5, 5.41) is 0. The second-order valence-corrected chi connectivity index (χ2v) is 7.47. The number of amides is 1. The normalized spacial score (nSPS) is 21.9. The molecule has 1 saturated carbocycles. The van der Waals surface area contributed by atoms with Gasteiger partial charge in [0.05, 0.1) is 6.26 Å². The lowest BCUT2D eigenvalue weighted by Crippen LogP contribution is -2.48. The standard InChI is InChI=1S/C12H23N3O3S/c1-13-7-9-14(10-8-13)12(16)5-6-15(11-3-4-11)19(2,17)18/h11H,3-10H2,1-2H3. The monoisotopic (exact) mass is 289 g/mol. The van der Waals surface area contributed by atoms with Gasteiger partial charge in [-0.1, -0.05) is 0 Å². The highest BCUT2D eigenvalue weighted by Gasteiger charge is 2.35. The molecule has 0 N–H and O–H groups in total. The van der Waals surface area contributed by atoms with Crippen molar-refractivity contribution in [2.45, 2.75) is 25.3 Å². The third-order valence-electron chi connectivity index (χ3n) is 3.78. The van der Waals surface area contributed by atoms with Crippen LogP contribution in [-0.2, 0) is 14.8 Å². The van der Waals surface area contributed by atoms with Crippen LogP contribution in [0.15, 0.2) is 0 Å². The molecule has 0 aromatic rings. The van der Waals surface area contributed by atoms with Crippen LogP contribution < -0.4 is 0 Å². The van der Waals surface area contributed by atoms with Crippen molar-refractivity contribution < 1.29 is 13.2 Å². The summed E-state index contributed by atoms with van der Waals surface area (Å²) in [6.45, 7) is 3.61. The van der Waals surface area contributed by atoms with Crippen molar-refractivity contribution in [1.29, 1.82) is 0 Å². The summed E-state index contributed by atoms with van der Waals surface area (Å²) < 4.78 is 24.8. The smallest absolute Gasteiger partial charge is 0.223 e. The van der Waals surface area contributed by atoms with Gasteiger partial charge in [-0.2, -0.15) is 4.31 Å². The van der Waals surface area contributed by atoms with E-state index in [1.54, 1.807) is 0 Å². The summed E-state index contributed by atoms with van der Waals surface area (Å²) in [6, 6.07) is 0.135. The fourth-order valence-electron chi connectivity index (χ4n) is 2.40. The zero-order valence-corrected chi connectivity index (χ0v) is 12.5. The number of hydrogen-bond acceptors (Lipinski definition) is 4.